The van der Waals surface area contributed by atoms with E-state index in [4.69, 9.17) is 9.73 Å². The summed E-state index contributed by atoms with van der Waals surface area (Å²) in [6, 6.07) is 6.89. The van der Waals surface area contributed by atoms with Crippen molar-refractivity contribution in [2.75, 3.05) is 6.61 Å². The third-order valence-corrected chi connectivity index (χ3v) is 6.09. The Morgan fingerprint density at radius 3 is 2.61 bits per heavy atom. The number of guanidine groups is 1. The van der Waals surface area contributed by atoms with Crippen LogP contribution < -0.4 is 15.4 Å². The number of aryl methyl sites for hydroxylation is 2. The van der Waals surface area contributed by atoms with Crippen molar-refractivity contribution in [2.45, 2.75) is 71.5 Å². The van der Waals surface area contributed by atoms with Crippen LogP contribution in [-0.2, 0) is 20.1 Å². The predicted octanol–water partition coefficient (Wildman–Crippen LogP) is 4.02. The molecular weight excluding hydrogens is 503 g/mol. The van der Waals surface area contributed by atoms with Crippen molar-refractivity contribution in [3.63, 3.8) is 0 Å². The minimum atomic E-state index is 0. The Morgan fingerprint density at radius 2 is 1.94 bits per heavy atom. The number of halogens is 1. The van der Waals surface area contributed by atoms with Gasteiger partial charge in [0, 0.05) is 18.7 Å². The van der Waals surface area contributed by atoms with Gasteiger partial charge in [0.2, 0.25) is 0 Å². The van der Waals surface area contributed by atoms with Crippen molar-refractivity contribution in [3.8, 4) is 5.75 Å². The zero-order chi connectivity index (χ0) is 20.9. The SMILES string of the molecule is Cc1ccc(CN=C(NCc2nnc(C)n2C)NC2CCCC2)c(OCC2CC2)c1.I. The first-order valence-corrected chi connectivity index (χ1v) is 11.2. The summed E-state index contributed by atoms with van der Waals surface area (Å²) >= 11 is 0. The molecule has 0 bridgehead atoms. The van der Waals surface area contributed by atoms with E-state index in [0.717, 1.165) is 41.4 Å². The van der Waals surface area contributed by atoms with E-state index in [1.54, 1.807) is 0 Å². The first-order chi connectivity index (χ1) is 14.6. The van der Waals surface area contributed by atoms with E-state index in [2.05, 4.69) is 46.0 Å². The standard InChI is InChI=1S/C23H34N6O.HI/c1-16-8-11-19(21(12-16)30-15-18-9-10-18)13-24-23(26-20-6-4-5-7-20)25-14-22-28-27-17(2)29(22)3;/h8,11-12,18,20H,4-7,9-10,13-15H2,1-3H3,(H2,24,25,26);1H. The van der Waals surface area contributed by atoms with Gasteiger partial charge in [-0.25, -0.2) is 4.99 Å². The molecule has 170 valence electrons. The van der Waals surface area contributed by atoms with Crippen molar-refractivity contribution in [1.82, 2.24) is 25.4 Å². The van der Waals surface area contributed by atoms with Crippen LogP contribution in [0.1, 0.15) is 61.3 Å². The predicted molar refractivity (Wildman–Crippen MR) is 134 cm³/mol. The molecule has 8 heteroatoms. The van der Waals surface area contributed by atoms with Gasteiger partial charge in [0.1, 0.15) is 11.6 Å². The quantitative estimate of drug-likeness (QED) is 0.302. The first kappa shape index (κ1) is 23.8. The van der Waals surface area contributed by atoms with Crippen LogP contribution in [-0.4, -0.2) is 33.4 Å². The van der Waals surface area contributed by atoms with Gasteiger partial charge in [-0.1, -0.05) is 25.0 Å². The number of rotatable bonds is 8. The van der Waals surface area contributed by atoms with Gasteiger partial charge in [-0.15, -0.1) is 34.2 Å². The first-order valence-electron chi connectivity index (χ1n) is 11.2. The number of hydrogen-bond acceptors (Lipinski definition) is 4. The number of aliphatic imine (C=N–C) groups is 1. The highest BCUT2D eigenvalue weighted by molar-refractivity contribution is 14.0. The summed E-state index contributed by atoms with van der Waals surface area (Å²) in [6.07, 6.45) is 7.55. The minimum Gasteiger partial charge on any atom is -0.493 e. The van der Waals surface area contributed by atoms with E-state index in [9.17, 15) is 0 Å². The van der Waals surface area contributed by atoms with Gasteiger partial charge in [-0.2, -0.15) is 0 Å². The molecule has 4 rings (SSSR count). The lowest BCUT2D eigenvalue weighted by Crippen LogP contribution is -2.42. The lowest BCUT2D eigenvalue weighted by Gasteiger charge is -2.18. The van der Waals surface area contributed by atoms with E-state index in [-0.39, 0.29) is 24.0 Å². The van der Waals surface area contributed by atoms with E-state index in [1.807, 2.05) is 18.5 Å². The lowest BCUT2D eigenvalue weighted by atomic mass is 10.1. The largest absolute Gasteiger partial charge is 0.493 e. The van der Waals surface area contributed by atoms with Crippen molar-refractivity contribution in [3.05, 3.63) is 41.0 Å². The zero-order valence-corrected chi connectivity index (χ0v) is 21.2. The number of benzene rings is 1. The van der Waals surface area contributed by atoms with Gasteiger partial charge in [-0.3, -0.25) is 0 Å². The van der Waals surface area contributed by atoms with Crippen LogP contribution in [0, 0.1) is 19.8 Å². The van der Waals surface area contributed by atoms with Gasteiger partial charge in [0.15, 0.2) is 11.8 Å². The van der Waals surface area contributed by atoms with Gasteiger partial charge in [0.25, 0.3) is 0 Å². The highest BCUT2D eigenvalue weighted by Gasteiger charge is 2.22. The second kappa shape index (κ2) is 11.2. The fraction of sp³-hybridized carbons (Fsp3) is 0.609. The van der Waals surface area contributed by atoms with E-state index in [0.29, 0.717) is 19.1 Å². The molecule has 1 heterocycles. The van der Waals surface area contributed by atoms with Crippen LogP contribution in [0.15, 0.2) is 23.2 Å². The fourth-order valence-corrected chi connectivity index (χ4v) is 3.77. The van der Waals surface area contributed by atoms with E-state index < -0.39 is 0 Å². The number of aromatic nitrogens is 3. The smallest absolute Gasteiger partial charge is 0.192 e. The summed E-state index contributed by atoms with van der Waals surface area (Å²) in [6.45, 7) is 6.06. The highest BCUT2D eigenvalue weighted by atomic mass is 127. The summed E-state index contributed by atoms with van der Waals surface area (Å²) in [5.74, 6) is 4.34. The molecule has 2 N–H and O–H groups in total. The molecule has 0 spiro atoms. The Balaban J connectivity index is 0.00000272. The van der Waals surface area contributed by atoms with Crippen molar-refractivity contribution in [1.29, 1.82) is 0 Å². The number of hydrogen-bond donors (Lipinski definition) is 2. The van der Waals surface area contributed by atoms with Crippen LogP contribution in [0.3, 0.4) is 0 Å². The van der Waals surface area contributed by atoms with Crippen LogP contribution >= 0.6 is 24.0 Å². The Labute approximate surface area is 202 Å². The summed E-state index contributed by atoms with van der Waals surface area (Å²) < 4.78 is 8.13. The lowest BCUT2D eigenvalue weighted by molar-refractivity contribution is 0.296. The number of nitrogens with one attached hydrogen (secondary N) is 2. The molecular formula is C23H35IN6O. The Hall–Kier alpha value is -1.84. The molecule has 31 heavy (non-hydrogen) atoms. The van der Waals surface area contributed by atoms with Gasteiger partial charge < -0.3 is 19.9 Å². The topological polar surface area (TPSA) is 76.4 Å². The summed E-state index contributed by atoms with van der Waals surface area (Å²) in [5.41, 5.74) is 2.34. The van der Waals surface area contributed by atoms with Crippen LogP contribution in [0.4, 0.5) is 0 Å². The normalized spacial score (nSPS) is 16.8. The molecule has 7 nitrogen and oxygen atoms in total. The highest BCUT2D eigenvalue weighted by Crippen LogP contribution is 2.31. The molecule has 0 saturated heterocycles. The number of nitrogens with zero attached hydrogens (tertiary/aromatic N) is 4. The monoisotopic (exact) mass is 538 g/mol. The molecule has 1 aromatic carbocycles. The van der Waals surface area contributed by atoms with Gasteiger partial charge >= 0.3 is 0 Å². The maximum absolute atomic E-state index is 6.12. The maximum Gasteiger partial charge on any atom is 0.192 e. The van der Waals surface area contributed by atoms with Gasteiger partial charge in [0.05, 0.1) is 19.7 Å². The van der Waals surface area contributed by atoms with Crippen LogP contribution in [0.2, 0.25) is 0 Å². The van der Waals surface area contributed by atoms with Gasteiger partial charge in [-0.05, 0) is 57.1 Å². The summed E-state index contributed by atoms with van der Waals surface area (Å²) in [4.78, 5) is 4.90. The summed E-state index contributed by atoms with van der Waals surface area (Å²) in [5, 5.41) is 15.5. The molecule has 0 unspecified atom stereocenters. The third-order valence-electron chi connectivity index (χ3n) is 6.09. The Morgan fingerprint density at radius 1 is 1.16 bits per heavy atom. The molecule has 2 saturated carbocycles. The molecule has 1 aromatic heterocycles. The van der Waals surface area contributed by atoms with Crippen molar-refractivity contribution in [2.24, 2.45) is 18.0 Å². The summed E-state index contributed by atoms with van der Waals surface area (Å²) in [7, 11) is 1.99. The van der Waals surface area contributed by atoms with Crippen LogP contribution in [0.5, 0.6) is 5.75 Å². The molecule has 2 aliphatic carbocycles. The maximum atomic E-state index is 6.12. The third kappa shape index (κ3) is 6.82. The molecule has 2 aromatic rings. The number of ether oxygens (including phenoxy) is 1. The molecule has 0 amide bonds. The average Bonchev–Trinajstić information content (AvgIpc) is 3.33. The Kier molecular flexibility index (Phi) is 8.57. The van der Waals surface area contributed by atoms with Crippen molar-refractivity contribution < 1.29 is 4.74 Å². The van der Waals surface area contributed by atoms with Crippen LogP contribution in [0.25, 0.3) is 0 Å². The molecule has 2 aliphatic rings. The average molecular weight is 538 g/mol. The Bertz CT molecular complexity index is 886. The van der Waals surface area contributed by atoms with E-state index >= 15 is 0 Å². The molecule has 0 aliphatic heterocycles. The second-order valence-electron chi connectivity index (χ2n) is 8.73. The second-order valence-corrected chi connectivity index (χ2v) is 8.73. The molecule has 0 radical (unpaired) electrons. The van der Waals surface area contributed by atoms with Crippen molar-refractivity contribution >= 4 is 29.9 Å². The zero-order valence-electron chi connectivity index (χ0n) is 18.9. The molecule has 2 fully saturated rings. The fourth-order valence-electron chi connectivity index (χ4n) is 3.77. The van der Waals surface area contributed by atoms with E-state index in [1.165, 1.54) is 44.1 Å². The minimum absolute atomic E-state index is 0. The molecule has 0 atom stereocenters.